The quantitative estimate of drug-likeness (QED) is 0.561. The Bertz CT molecular complexity index is 376. The van der Waals surface area contributed by atoms with E-state index in [0.717, 1.165) is 12.1 Å². The smallest absolute Gasteiger partial charge is 0.166 e. The third-order valence-electron chi connectivity index (χ3n) is 2.23. The molecular weight excluding hydrogens is 253 g/mol. The third kappa shape index (κ3) is 3.12. The molecule has 87 valence electrons. The van der Waals surface area contributed by atoms with Gasteiger partial charge in [0.15, 0.2) is 0 Å². The average Bonchev–Trinajstić information content (AvgIpc) is 2.26. The van der Waals surface area contributed by atoms with E-state index in [9.17, 15) is 13.2 Å². The standard InChI is InChI=1S/C11H11ClF3Si/c1-3-16(2)10(12)8-5-4-6-9(7-8)11(13,14)15/h3-7,10H,1H2,2H3. The molecule has 16 heavy (non-hydrogen) atoms. The van der Waals surface area contributed by atoms with E-state index >= 15 is 0 Å². The molecule has 1 unspecified atom stereocenters. The molecule has 1 aromatic carbocycles. The van der Waals surface area contributed by atoms with Crippen LogP contribution in [0.5, 0.6) is 0 Å². The second kappa shape index (κ2) is 5.06. The number of benzene rings is 1. The predicted molar refractivity (Wildman–Crippen MR) is 61.9 cm³/mol. The fourth-order valence-corrected chi connectivity index (χ4v) is 2.55. The Hall–Kier alpha value is -0.743. The maximum absolute atomic E-state index is 12.5. The lowest BCUT2D eigenvalue weighted by molar-refractivity contribution is -0.137. The van der Waals surface area contributed by atoms with Gasteiger partial charge in [0, 0.05) is 0 Å². The monoisotopic (exact) mass is 263 g/mol. The lowest BCUT2D eigenvalue weighted by Crippen LogP contribution is -2.13. The highest BCUT2D eigenvalue weighted by atomic mass is 35.5. The first-order valence-corrected chi connectivity index (χ1v) is 7.22. The molecule has 1 aromatic rings. The molecule has 0 N–H and O–H groups in total. The first-order valence-electron chi connectivity index (χ1n) is 4.63. The maximum atomic E-state index is 12.5. The van der Waals surface area contributed by atoms with Crippen molar-refractivity contribution in [2.45, 2.75) is 17.7 Å². The van der Waals surface area contributed by atoms with Gasteiger partial charge in [-0.05, 0) is 11.6 Å². The summed E-state index contributed by atoms with van der Waals surface area (Å²) in [7, 11) is -1.06. The fourth-order valence-electron chi connectivity index (χ4n) is 1.24. The summed E-state index contributed by atoms with van der Waals surface area (Å²) in [5.74, 6) is 0. The Morgan fingerprint density at radius 3 is 2.56 bits per heavy atom. The van der Waals surface area contributed by atoms with Crippen LogP contribution in [0.15, 0.2) is 36.5 Å². The van der Waals surface area contributed by atoms with Crippen LogP contribution in [0.1, 0.15) is 16.1 Å². The molecule has 0 amide bonds. The molecule has 0 bridgehead atoms. The summed E-state index contributed by atoms with van der Waals surface area (Å²) in [6.07, 6.45) is -4.32. The van der Waals surface area contributed by atoms with E-state index in [2.05, 4.69) is 6.58 Å². The van der Waals surface area contributed by atoms with Gasteiger partial charge in [0.05, 0.1) is 19.4 Å². The Balaban J connectivity index is 3.03. The van der Waals surface area contributed by atoms with E-state index in [4.69, 9.17) is 11.6 Å². The number of alkyl halides is 4. The predicted octanol–water partition coefficient (Wildman–Crippen LogP) is 4.37. The lowest BCUT2D eigenvalue weighted by Gasteiger charge is -2.15. The zero-order valence-electron chi connectivity index (χ0n) is 8.68. The van der Waals surface area contributed by atoms with Crippen LogP contribution in [0.25, 0.3) is 0 Å². The third-order valence-corrected chi connectivity index (χ3v) is 5.29. The summed E-state index contributed by atoms with van der Waals surface area (Å²) < 4.78 is 37.4. The summed E-state index contributed by atoms with van der Waals surface area (Å²) in [6, 6.07) is 5.15. The highest BCUT2D eigenvalue weighted by Gasteiger charge is 2.31. The van der Waals surface area contributed by atoms with E-state index in [1.807, 2.05) is 6.55 Å². The molecule has 0 aromatic heterocycles. The number of hydrogen-bond acceptors (Lipinski definition) is 0. The fraction of sp³-hybridized carbons (Fsp3) is 0.273. The van der Waals surface area contributed by atoms with Gasteiger partial charge in [-0.2, -0.15) is 13.2 Å². The van der Waals surface area contributed by atoms with E-state index in [0.29, 0.717) is 5.56 Å². The maximum Gasteiger partial charge on any atom is 0.416 e. The van der Waals surface area contributed by atoms with Crippen LogP contribution in [0.4, 0.5) is 13.2 Å². The molecule has 1 rings (SSSR count). The summed E-state index contributed by atoms with van der Waals surface area (Å²) in [6.45, 7) is 5.53. The molecule has 0 heterocycles. The molecule has 1 radical (unpaired) electrons. The van der Waals surface area contributed by atoms with Crippen molar-refractivity contribution in [2.75, 3.05) is 0 Å². The van der Waals surface area contributed by atoms with Gasteiger partial charge < -0.3 is 0 Å². The van der Waals surface area contributed by atoms with Gasteiger partial charge in [0.1, 0.15) is 0 Å². The van der Waals surface area contributed by atoms with E-state index in [-0.39, 0.29) is 5.00 Å². The number of rotatable bonds is 3. The average molecular weight is 264 g/mol. The minimum atomic E-state index is -4.32. The minimum Gasteiger partial charge on any atom is -0.166 e. The van der Waals surface area contributed by atoms with Gasteiger partial charge in [-0.25, -0.2) is 0 Å². The van der Waals surface area contributed by atoms with Crippen molar-refractivity contribution in [3.63, 3.8) is 0 Å². The van der Waals surface area contributed by atoms with Crippen LogP contribution in [0, 0.1) is 0 Å². The van der Waals surface area contributed by atoms with Crippen LogP contribution in [-0.2, 0) is 6.18 Å². The highest BCUT2D eigenvalue weighted by molar-refractivity contribution is 6.72. The molecule has 5 heteroatoms. The van der Waals surface area contributed by atoms with Crippen molar-refractivity contribution in [3.05, 3.63) is 47.7 Å². The van der Waals surface area contributed by atoms with Crippen molar-refractivity contribution >= 4 is 20.4 Å². The summed E-state index contributed by atoms with van der Waals surface area (Å²) in [5, 5.41) is -0.384. The van der Waals surface area contributed by atoms with Crippen molar-refractivity contribution in [1.29, 1.82) is 0 Å². The van der Waals surface area contributed by atoms with Gasteiger partial charge in [0.25, 0.3) is 0 Å². The van der Waals surface area contributed by atoms with Crippen LogP contribution in [0.3, 0.4) is 0 Å². The Labute approximate surface area is 99.3 Å². The summed E-state index contributed by atoms with van der Waals surface area (Å²) in [4.78, 5) is 0. The van der Waals surface area contributed by atoms with Crippen molar-refractivity contribution in [2.24, 2.45) is 0 Å². The molecule has 0 saturated carbocycles. The van der Waals surface area contributed by atoms with Crippen LogP contribution < -0.4 is 0 Å². The van der Waals surface area contributed by atoms with E-state index in [1.54, 1.807) is 11.8 Å². The summed E-state index contributed by atoms with van der Waals surface area (Å²) >= 11 is 6.09. The molecule has 0 nitrogen and oxygen atoms in total. The zero-order chi connectivity index (χ0) is 12.3. The van der Waals surface area contributed by atoms with Gasteiger partial charge in [-0.3, -0.25) is 0 Å². The normalized spacial score (nSPS) is 13.9. The Morgan fingerprint density at radius 1 is 1.44 bits per heavy atom. The lowest BCUT2D eigenvalue weighted by atomic mass is 10.1. The summed E-state index contributed by atoms with van der Waals surface area (Å²) in [5.41, 5.74) is 1.57. The van der Waals surface area contributed by atoms with Crippen molar-refractivity contribution in [1.82, 2.24) is 0 Å². The van der Waals surface area contributed by atoms with Gasteiger partial charge in [-0.15, -0.1) is 23.9 Å². The largest absolute Gasteiger partial charge is 0.416 e. The van der Waals surface area contributed by atoms with Crippen LogP contribution in [0.2, 0.25) is 6.55 Å². The van der Waals surface area contributed by atoms with Crippen LogP contribution in [-0.4, -0.2) is 8.80 Å². The minimum absolute atomic E-state index is 0.384. The topological polar surface area (TPSA) is 0 Å². The molecule has 0 aliphatic carbocycles. The van der Waals surface area contributed by atoms with Gasteiger partial charge in [-0.1, -0.05) is 24.7 Å². The van der Waals surface area contributed by atoms with E-state index in [1.165, 1.54) is 6.07 Å². The second-order valence-corrected chi connectivity index (χ2v) is 6.71. The molecule has 0 spiro atoms. The molecule has 0 fully saturated rings. The van der Waals surface area contributed by atoms with Gasteiger partial charge in [0.2, 0.25) is 0 Å². The molecule has 0 aliphatic heterocycles. The van der Waals surface area contributed by atoms with Crippen molar-refractivity contribution in [3.8, 4) is 0 Å². The molecule has 0 aliphatic rings. The molecule has 1 atom stereocenters. The van der Waals surface area contributed by atoms with Crippen molar-refractivity contribution < 1.29 is 13.2 Å². The van der Waals surface area contributed by atoms with E-state index < -0.39 is 20.5 Å². The van der Waals surface area contributed by atoms with Gasteiger partial charge >= 0.3 is 6.18 Å². The SMILES string of the molecule is C=C[Si](C)C(Cl)c1cccc(C(F)(F)F)c1. The zero-order valence-corrected chi connectivity index (χ0v) is 10.4. The first-order chi connectivity index (χ1) is 7.36. The second-order valence-electron chi connectivity index (χ2n) is 3.43. The first kappa shape index (κ1) is 13.3. The molecule has 0 saturated heterocycles. The Morgan fingerprint density at radius 2 is 2.06 bits per heavy atom. The number of hydrogen-bond donors (Lipinski definition) is 0. The van der Waals surface area contributed by atoms with Crippen LogP contribution >= 0.6 is 11.6 Å². The number of halogens is 4. The Kier molecular flexibility index (Phi) is 4.21. The molecular formula is C11H11ClF3Si. The highest BCUT2D eigenvalue weighted by Crippen LogP contribution is 2.32.